The van der Waals surface area contributed by atoms with E-state index in [4.69, 9.17) is 5.73 Å². The number of carbonyl (C=O) groups is 1. The van der Waals surface area contributed by atoms with Crippen molar-refractivity contribution in [2.24, 2.45) is 5.73 Å². The van der Waals surface area contributed by atoms with Crippen LogP contribution in [0, 0.1) is 6.92 Å². The molecule has 19 heavy (non-hydrogen) atoms. The number of amides is 1. The fourth-order valence-corrected chi connectivity index (χ4v) is 2.32. The van der Waals surface area contributed by atoms with Crippen molar-refractivity contribution in [2.45, 2.75) is 39.5 Å². The molecule has 0 aliphatic heterocycles. The van der Waals surface area contributed by atoms with Gasteiger partial charge in [0.25, 0.3) is 0 Å². The highest BCUT2D eigenvalue weighted by Crippen LogP contribution is 2.20. The molecular weight excluding hydrogens is 236 g/mol. The van der Waals surface area contributed by atoms with Gasteiger partial charge in [-0.2, -0.15) is 0 Å². The van der Waals surface area contributed by atoms with E-state index in [0.29, 0.717) is 0 Å². The smallest absolute Gasteiger partial charge is 0.223 e. The first kappa shape index (κ1) is 13.5. The van der Waals surface area contributed by atoms with Crippen molar-refractivity contribution in [1.29, 1.82) is 0 Å². The molecule has 0 atom stereocenters. The van der Waals surface area contributed by atoms with Crippen LogP contribution >= 0.6 is 0 Å². The molecule has 1 aromatic heterocycles. The van der Waals surface area contributed by atoms with Gasteiger partial charge in [-0.15, -0.1) is 0 Å². The maximum Gasteiger partial charge on any atom is 0.223 e. The Morgan fingerprint density at radius 3 is 2.79 bits per heavy atom. The van der Waals surface area contributed by atoms with Crippen LogP contribution < -0.4 is 5.73 Å². The summed E-state index contributed by atoms with van der Waals surface area (Å²) >= 11 is 0. The zero-order valence-electron chi connectivity index (χ0n) is 11.6. The van der Waals surface area contributed by atoms with E-state index in [-0.39, 0.29) is 12.3 Å². The number of carbonyl (C=O) groups excluding carboxylic acids is 1. The topological polar surface area (TPSA) is 56.0 Å². The van der Waals surface area contributed by atoms with E-state index in [9.17, 15) is 4.79 Å². The number of unbranched alkanes of at least 4 members (excludes halogenated alkanes) is 1. The van der Waals surface area contributed by atoms with Gasteiger partial charge in [-0.05, 0) is 49.1 Å². The second kappa shape index (κ2) is 5.83. The largest absolute Gasteiger partial charge is 0.369 e. The lowest BCUT2D eigenvalue weighted by Crippen LogP contribution is -2.14. The summed E-state index contributed by atoms with van der Waals surface area (Å²) in [6, 6.07) is 8.33. The highest BCUT2D eigenvalue weighted by molar-refractivity contribution is 5.84. The highest BCUT2D eigenvalue weighted by Gasteiger charge is 2.06. The second-order valence-electron chi connectivity index (χ2n) is 5.03. The number of pyridine rings is 1. The zero-order chi connectivity index (χ0) is 13.8. The number of fused-ring (bicyclic) bond motifs is 1. The number of nitrogens with two attached hydrogens (primary N) is 1. The van der Waals surface area contributed by atoms with Crippen LogP contribution in [0.3, 0.4) is 0 Å². The van der Waals surface area contributed by atoms with E-state index in [2.05, 4.69) is 31.0 Å². The number of benzene rings is 1. The lowest BCUT2D eigenvalue weighted by Gasteiger charge is -2.07. The van der Waals surface area contributed by atoms with Gasteiger partial charge in [0.05, 0.1) is 17.6 Å². The van der Waals surface area contributed by atoms with Crippen molar-refractivity contribution < 1.29 is 4.79 Å². The fourth-order valence-electron chi connectivity index (χ4n) is 2.32. The van der Waals surface area contributed by atoms with Crippen LogP contribution in [0.25, 0.3) is 10.9 Å². The maximum absolute atomic E-state index is 11.0. The van der Waals surface area contributed by atoms with Crippen LogP contribution in [0.1, 0.15) is 36.6 Å². The Labute approximate surface area is 113 Å². The summed E-state index contributed by atoms with van der Waals surface area (Å²) in [5.74, 6) is -0.342. The lowest BCUT2D eigenvalue weighted by molar-refractivity contribution is -0.117. The average Bonchev–Trinajstić information content (AvgIpc) is 2.36. The zero-order valence-corrected chi connectivity index (χ0v) is 11.6. The van der Waals surface area contributed by atoms with Gasteiger partial charge in [-0.3, -0.25) is 9.78 Å². The number of hydrogen-bond donors (Lipinski definition) is 1. The number of aromatic nitrogens is 1. The third-order valence-corrected chi connectivity index (χ3v) is 3.31. The predicted molar refractivity (Wildman–Crippen MR) is 78.0 cm³/mol. The summed E-state index contributed by atoms with van der Waals surface area (Å²) in [5, 5.41) is 1.17. The normalized spacial score (nSPS) is 10.8. The maximum atomic E-state index is 11.0. The Balaban J connectivity index is 2.38. The standard InChI is InChI=1S/C16H20N2O/c1-3-4-5-12-6-7-15-14(9-12)11(2)8-13(18-15)10-16(17)19/h6-9H,3-5,10H2,1-2H3,(H2,17,19). The van der Waals surface area contributed by atoms with Crippen LogP contribution in [0.2, 0.25) is 0 Å². The van der Waals surface area contributed by atoms with Crippen molar-refractivity contribution in [3.63, 3.8) is 0 Å². The minimum atomic E-state index is -0.342. The molecule has 0 aliphatic carbocycles. The predicted octanol–water partition coefficient (Wildman–Crippen LogP) is 2.91. The molecule has 0 radical (unpaired) electrons. The Hall–Kier alpha value is -1.90. The van der Waals surface area contributed by atoms with Gasteiger partial charge in [0.2, 0.25) is 5.91 Å². The molecule has 0 fully saturated rings. The fraction of sp³-hybridized carbons (Fsp3) is 0.375. The molecule has 0 saturated heterocycles. The van der Waals surface area contributed by atoms with Crippen molar-refractivity contribution in [2.75, 3.05) is 0 Å². The molecule has 2 rings (SSSR count). The number of hydrogen-bond acceptors (Lipinski definition) is 2. The monoisotopic (exact) mass is 256 g/mol. The molecule has 1 heterocycles. The number of rotatable bonds is 5. The Morgan fingerprint density at radius 2 is 2.11 bits per heavy atom. The number of nitrogens with zero attached hydrogens (tertiary/aromatic N) is 1. The van der Waals surface area contributed by atoms with Gasteiger partial charge in [0, 0.05) is 5.39 Å². The molecule has 2 N–H and O–H groups in total. The summed E-state index contributed by atoms with van der Waals surface area (Å²) in [6.45, 7) is 4.25. The summed E-state index contributed by atoms with van der Waals surface area (Å²) in [4.78, 5) is 15.5. The summed E-state index contributed by atoms with van der Waals surface area (Å²) < 4.78 is 0. The van der Waals surface area contributed by atoms with Crippen LogP contribution in [0.5, 0.6) is 0 Å². The van der Waals surface area contributed by atoms with Gasteiger partial charge in [0.15, 0.2) is 0 Å². The molecule has 2 aromatic rings. The van der Waals surface area contributed by atoms with E-state index < -0.39 is 0 Å². The average molecular weight is 256 g/mol. The first-order valence-corrected chi connectivity index (χ1v) is 6.77. The van der Waals surface area contributed by atoms with Gasteiger partial charge < -0.3 is 5.73 Å². The Bertz CT molecular complexity index is 605. The molecule has 0 saturated carbocycles. The molecule has 0 aliphatic rings. The summed E-state index contributed by atoms with van der Waals surface area (Å²) in [7, 11) is 0. The highest BCUT2D eigenvalue weighted by atomic mass is 16.1. The van der Waals surface area contributed by atoms with Crippen LogP contribution in [-0.4, -0.2) is 10.9 Å². The minimum absolute atomic E-state index is 0.203. The SMILES string of the molecule is CCCCc1ccc2nc(CC(N)=O)cc(C)c2c1. The quantitative estimate of drug-likeness (QED) is 0.894. The van der Waals surface area contributed by atoms with Crippen LogP contribution in [0.15, 0.2) is 24.3 Å². The third kappa shape index (κ3) is 3.31. The van der Waals surface area contributed by atoms with E-state index in [1.54, 1.807) is 0 Å². The molecule has 0 unspecified atom stereocenters. The van der Waals surface area contributed by atoms with Crippen molar-refractivity contribution >= 4 is 16.8 Å². The molecular formula is C16H20N2O. The molecule has 1 amide bonds. The minimum Gasteiger partial charge on any atom is -0.369 e. The summed E-state index contributed by atoms with van der Waals surface area (Å²) in [5.41, 5.74) is 9.41. The molecule has 100 valence electrons. The van der Waals surface area contributed by atoms with Crippen molar-refractivity contribution in [3.05, 3.63) is 41.1 Å². The van der Waals surface area contributed by atoms with Crippen LogP contribution in [-0.2, 0) is 17.6 Å². The van der Waals surface area contributed by atoms with E-state index >= 15 is 0 Å². The molecule has 3 nitrogen and oxygen atoms in total. The second-order valence-corrected chi connectivity index (χ2v) is 5.03. The molecule has 0 spiro atoms. The van der Waals surface area contributed by atoms with E-state index in [1.807, 2.05) is 12.1 Å². The Kier molecular flexibility index (Phi) is 4.15. The van der Waals surface area contributed by atoms with Crippen molar-refractivity contribution in [3.8, 4) is 0 Å². The number of primary amides is 1. The molecule has 3 heteroatoms. The van der Waals surface area contributed by atoms with Gasteiger partial charge in [-0.1, -0.05) is 19.4 Å². The summed E-state index contributed by atoms with van der Waals surface area (Å²) in [6.07, 6.45) is 3.72. The molecule has 0 bridgehead atoms. The van der Waals surface area contributed by atoms with E-state index in [1.165, 1.54) is 23.8 Å². The first-order valence-electron chi connectivity index (χ1n) is 6.77. The lowest BCUT2D eigenvalue weighted by atomic mass is 10.0. The van der Waals surface area contributed by atoms with Gasteiger partial charge in [0.1, 0.15) is 0 Å². The molecule has 1 aromatic carbocycles. The van der Waals surface area contributed by atoms with Crippen molar-refractivity contribution in [1.82, 2.24) is 4.98 Å². The third-order valence-electron chi connectivity index (χ3n) is 3.31. The first-order chi connectivity index (χ1) is 9.10. The Morgan fingerprint density at radius 1 is 1.32 bits per heavy atom. The number of aryl methyl sites for hydroxylation is 2. The van der Waals surface area contributed by atoms with E-state index in [0.717, 1.165) is 23.2 Å². The van der Waals surface area contributed by atoms with Crippen LogP contribution in [0.4, 0.5) is 0 Å². The van der Waals surface area contributed by atoms with Gasteiger partial charge in [-0.25, -0.2) is 0 Å². The van der Waals surface area contributed by atoms with Gasteiger partial charge >= 0.3 is 0 Å².